The number of alkyl halides is 1. The molecule has 2 heterocycles. The first-order chi connectivity index (χ1) is 9.69. The minimum absolute atomic E-state index is 0.0720. The summed E-state index contributed by atoms with van der Waals surface area (Å²) in [6.45, 7) is -0.568. The highest BCUT2D eigenvalue weighted by Crippen LogP contribution is 2.31. The number of carbonyl (C=O) groups excluding carboxylic acids is 1. The van der Waals surface area contributed by atoms with Crippen molar-refractivity contribution in [2.24, 2.45) is 0 Å². The van der Waals surface area contributed by atoms with Gasteiger partial charge in [-0.2, -0.15) is 0 Å². The van der Waals surface area contributed by atoms with E-state index in [2.05, 4.69) is 20.9 Å². The lowest BCUT2D eigenvalue weighted by Gasteiger charge is -2.14. The predicted molar refractivity (Wildman–Crippen MR) is 78.8 cm³/mol. The number of ether oxygens (including phenoxy) is 1. The average molecular weight is 357 g/mol. The van der Waals surface area contributed by atoms with E-state index < -0.39 is 18.8 Å². The Bertz CT molecular complexity index is 632. The van der Waals surface area contributed by atoms with E-state index in [1.165, 1.54) is 16.2 Å². The summed E-state index contributed by atoms with van der Waals surface area (Å²) in [7, 11) is 0. The number of hydrogen-bond acceptors (Lipinski definition) is 4. The van der Waals surface area contributed by atoms with Gasteiger partial charge >= 0.3 is 6.09 Å². The van der Waals surface area contributed by atoms with Crippen molar-refractivity contribution in [2.45, 2.75) is 6.04 Å². The molecule has 0 aliphatic carbocycles. The first kappa shape index (κ1) is 13.5. The summed E-state index contributed by atoms with van der Waals surface area (Å²) in [4.78, 5) is 17.3. The third-order valence-corrected chi connectivity index (χ3v) is 4.35. The van der Waals surface area contributed by atoms with E-state index in [1.54, 1.807) is 0 Å². The third kappa shape index (κ3) is 2.43. The SMILES string of the molecule is O=C1OC[C@@H](CF)N1c1nc(-c2ccc(Br)cc2)cs1. The predicted octanol–water partition coefficient (Wildman–Crippen LogP) is 3.87. The molecule has 4 nitrogen and oxygen atoms in total. The molecular formula is C13H10BrFN2O2S. The second-order valence-electron chi connectivity index (χ2n) is 4.28. The lowest BCUT2D eigenvalue weighted by atomic mass is 10.2. The molecule has 1 aliphatic heterocycles. The third-order valence-electron chi connectivity index (χ3n) is 2.98. The molecule has 1 aromatic carbocycles. The molecule has 0 saturated carbocycles. The highest BCUT2D eigenvalue weighted by molar-refractivity contribution is 9.10. The molecule has 3 rings (SSSR count). The summed E-state index contributed by atoms with van der Waals surface area (Å²) >= 11 is 4.68. The Kier molecular flexibility index (Phi) is 3.71. The van der Waals surface area contributed by atoms with Gasteiger partial charge in [0.15, 0.2) is 5.13 Å². The van der Waals surface area contributed by atoms with Crippen molar-refractivity contribution in [1.82, 2.24) is 4.98 Å². The fourth-order valence-corrected chi connectivity index (χ4v) is 3.09. The van der Waals surface area contributed by atoms with E-state index in [4.69, 9.17) is 4.74 Å². The minimum Gasteiger partial charge on any atom is -0.447 e. The molecule has 1 aliphatic rings. The first-order valence-corrected chi connectivity index (χ1v) is 7.59. The van der Waals surface area contributed by atoms with Crippen molar-refractivity contribution in [1.29, 1.82) is 0 Å². The molecule has 1 amide bonds. The van der Waals surface area contributed by atoms with Gasteiger partial charge in [-0.3, -0.25) is 0 Å². The number of amides is 1. The average Bonchev–Trinajstić information content (AvgIpc) is 3.05. The summed E-state index contributed by atoms with van der Waals surface area (Å²) in [5, 5.41) is 2.31. The van der Waals surface area contributed by atoms with E-state index >= 15 is 0 Å². The van der Waals surface area contributed by atoms with Crippen LogP contribution < -0.4 is 4.90 Å². The van der Waals surface area contributed by atoms with E-state index in [1.807, 2.05) is 29.6 Å². The Morgan fingerprint density at radius 1 is 1.45 bits per heavy atom. The second-order valence-corrected chi connectivity index (χ2v) is 6.03. The molecular weight excluding hydrogens is 347 g/mol. The monoisotopic (exact) mass is 356 g/mol. The number of benzene rings is 1. The fraction of sp³-hybridized carbons (Fsp3) is 0.231. The van der Waals surface area contributed by atoms with Gasteiger partial charge in [0.05, 0.1) is 5.69 Å². The highest BCUT2D eigenvalue weighted by atomic mass is 79.9. The van der Waals surface area contributed by atoms with Crippen molar-refractivity contribution in [2.75, 3.05) is 18.2 Å². The molecule has 1 saturated heterocycles. The molecule has 104 valence electrons. The lowest BCUT2D eigenvalue weighted by Crippen LogP contribution is -2.34. The van der Waals surface area contributed by atoms with Crippen LogP contribution in [0.2, 0.25) is 0 Å². The van der Waals surface area contributed by atoms with E-state index in [-0.39, 0.29) is 6.61 Å². The van der Waals surface area contributed by atoms with Crippen LogP contribution in [0.25, 0.3) is 11.3 Å². The van der Waals surface area contributed by atoms with Crippen LogP contribution in [0, 0.1) is 0 Å². The molecule has 1 fully saturated rings. The van der Waals surface area contributed by atoms with Crippen LogP contribution in [0.4, 0.5) is 14.3 Å². The summed E-state index contributed by atoms with van der Waals surface area (Å²) in [5.74, 6) is 0. The van der Waals surface area contributed by atoms with Gasteiger partial charge in [0, 0.05) is 15.4 Å². The Morgan fingerprint density at radius 3 is 2.90 bits per heavy atom. The smallest absolute Gasteiger partial charge is 0.416 e. The molecule has 0 N–H and O–H groups in total. The Balaban J connectivity index is 1.90. The van der Waals surface area contributed by atoms with Crippen LogP contribution in [0.15, 0.2) is 34.1 Å². The maximum atomic E-state index is 12.9. The van der Waals surface area contributed by atoms with Crippen LogP contribution in [0.3, 0.4) is 0 Å². The van der Waals surface area contributed by atoms with Crippen molar-refractivity contribution in [3.05, 3.63) is 34.1 Å². The molecule has 2 aromatic rings. The van der Waals surface area contributed by atoms with Gasteiger partial charge in [-0.1, -0.05) is 28.1 Å². The highest BCUT2D eigenvalue weighted by Gasteiger charge is 2.36. The fourth-order valence-electron chi connectivity index (χ4n) is 1.94. The van der Waals surface area contributed by atoms with Gasteiger partial charge in [-0.15, -0.1) is 11.3 Å². The van der Waals surface area contributed by atoms with Crippen molar-refractivity contribution >= 4 is 38.5 Å². The largest absolute Gasteiger partial charge is 0.447 e. The zero-order valence-electron chi connectivity index (χ0n) is 10.3. The number of thiazole rings is 1. The number of anilines is 1. The van der Waals surface area contributed by atoms with Crippen LogP contribution in [0.1, 0.15) is 0 Å². The summed E-state index contributed by atoms with van der Waals surface area (Å²) in [6.07, 6.45) is -0.538. The molecule has 7 heteroatoms. The Morgan fingerprint density at radius 2 is 2.20 bits per heavy atom. The molecule has 0 radical (unpaired) electrons. The van der Waals surface area contributed by atoms with Crippen molar-refractivity contribution < 1.29 is 13.9 Å². The Hall–Kier alpha value is -1.47. The van der Waals surface area contributed by atoms with Crippen LogP contribution >= 0.6 is 27.3 Å². The zero-order chi connectivity index (χ0) is 14.1. The molecule has 0 unspecified atom stereocenters. The van der Waals surface area contributed by atoms with Gasteiger partial charge in [0.25, 0.3) is 0 Å². The topological polar surface area (TPSA) is 42.4 Å². The van der Waals surface area contributed by atoms with Gasteiger partial charge in [-0.05, 0) is 12.1 Å². The molecule has 1 atom stereocenters. The van der Waals surface area contributed by atoms with Gasteiger partial charge < -0.3 is 4.74 Å². The summed E-state index contributed by atoms with van der Waals surface area (Å²) in [6, 6.07) is 7.12. The van der Waals surface area contributed by atoms with Crippen LogP contribution in [0.5, 0.6) is 0 Å². The lowest BCUT2D eigenvalue weighted by molar-refractivity contribution is 0.177. The number of rotatable bonds is 3. The van der Waals surface area contributed by atoms with E-state index in [0.717, 1.165) is 15.7 Å². The van der Waals surface area contributed by atoms with E-state index in [0.29, 0.717) is 5.13 Å². The molecule has 20 heavy (non-hydrogen) atoms. The maximum absolute atomic E-state index is 12.9. The normalized spacial score (nSPS) is 18.4. The quantitative estimate of drug-likeness (QED) is 0.838. The maximum Gasteiger partial charge on any atom is 0.416 e. The number of aromatic nitrogens is 1. The summed E-state index contributed by atoms with van der Waals surface area (Å²) < 4.78 is 18.7. The van der Waals surface area contributed by atoms with Crippen LogP contribution in [-0.2, 0) is 4.74 Å². The summed E-state index contributed by atoms with van der Waals surface area (Å²) in [5.41, 5.74) is 1.70. The second kappa shape index (κ2) is 5.49. The first-order valence-electron chi connectivity index (χ1n) is 5.92. The minimum atomic E-state index is -0.640. The van der Waals surface area contributed by atoms with Crippen molar-refractivity contribution in [3.8, 4) is 11.3 Å². The van der Waals surface area contributed by atoms with Crippen LogP contribution in [-0.4, -0.2) is 30.4 Å². The van der Waals surface area contributed by atoms with Crippen molar-refractivity contribution in [3.63, 3.8) is 0 Å². The molecule has 0 bridgehead atoms. The molecule has 1 aromatic heterocycles. The van der Waals surface area contributed by atoms with Gasteiger partial charge in [0.1, 0.15) is 19.3 Å². The standard InChI is InChI=1S/C13H10BrFN2O2S/c14-9-3-1-8(2-4-9)11-7-20-12(16-11)17-10(5-15)6-19-13(17)18/h1-4,7,10H,5-6H2/t10-/m1/s1. The molecule has 0 spiro atoms. The number of halogens is 2. The zero-order valence-corrected chi connectivity index (χ0v) is 12.7. The van der Waals surface area contributed by atoms with Gasteiger partial charge in [0.2, 0.25) is 0 Å². The number of nitrogens with zero attached hydrogens (tertiary/aromatic N) is 2. The van der Waals surface area contributed by atoms with E-state index in [9.17, 15) is 9.18 Å². The van der Waals surface area contributed by atoms with Gasteiger partial charge in [-0.25, -0.2) is 19.1 Å². The number of hydrogen-bond donors (Lipinski definition) is 0. The number of carbonyl (C=O) groups is 1. The number of cyclic esters (lactones) is 1. The Labute approximate surface area is 127 Å².